The fourth-order valence-corrected chi connectivity index (χ4v) is 3.27. The maximum absolute atomic E-state index is 12.8. The van der Waals surface area contributed by atoms with E-state index in [1.54, 1.807) is 44.4 Å². The van der Waals surface area contributed by atoms with Gasteiger partial charge >= 0.3 is 0 Å². The number of allylic oxidation sites excluding steroid dienone is 1. The normalized spacial score (nSPS) is 11.3. The molecule has 0 spiro atoms. The molecule has 0 saturated heterocycles. The van der Waals surface area contributed by atoms with E-state index in [9.17, 15) is 9.59 Å². The van der Waals surface area contributed by atoms with E-state index >= 15 is 0 Å². The molecule has 0 aromatic heterocycles. The van der Waals surface area contributed by atoms with Crippen molar-refractivity contribution >= 4 is 17.8 Å². The molecule has 2 aromatic rings. The maximum atomic E-state index is 12.8. The highest BCUT2D eigenvalue weighted by Crippen LogP contribution is 2.36. The molecule has 0 N–H and O–H groups in total. The summed E-state index contributed by atoms with van der Waals surface area (Å²) in [6.07, 6.45) is 5.15. The van der Waals surface area contributed by atoms with Crippen molar-refractivity contribution in [1.82, 2.24) is 4.90 Å². The molecule has 2 rings (SSSR count). The number of hydrogen-bond acceptors (Lipinski definition) is 4. The van der Waals surface area contributed by atoms with Gasteiger partial charge in [-0.3, -0.25) is 9.59 Å². The van der Waals surface area contributed by atoms with E-state index in [4.69, 9.17) is 9.47 Å². The minimum Gasteiger partial charge on any atom is -0.490 e. The summed E-state index contributed by atoms with van der Waals surface area (Å²) >= 11 is 0. The second-order valence-corrected chi connectivity index (χ2v) is 8.52. The van der Waals surface area contributed by atoms with Crippen molar-refractivity contribution in [2.24, 2.45) is 0 Å². The summed E-state index contributed by atoms with van der Waals surface area (Å²) < 4.78 is 12.2. The summed E-state index contributed by atoms with van der Waals surface area (Å²) in [5, 5.41) is 0. The molecule has 0 atom stereocenters. The molecule has 32 heavy (non-hydrogen) atoms. The lowest BCUT2D eigenvalue weighted by atomic mass is 10.0. The van der Waals surface area contributed by atoms with Crippen molar-refractivity contribution in [2.75, 3.05) is 14.1 Å². The molecule has 0 radical (unpaired) electrons. The van der Waals surface area contributed by atoms with E-state index < -0.39 is 0 Å². The summed E-state index contributed by atoms with van der Waals surface area (Å²) in [7, 11) is 3.40. The first-order valence-electron chi connectivity index (χ1n) is 11.2. The number of carbonyl (C=O) groups is 2. The number of ether oxygens (including phenoxy) is 2. The fraction of sp³-hybridized carbons (Fsp3) is 0.407. The van der Waals surface area contributed by atoms with Crippen LogP contribution in [0.5, 0.6) is 11.5 Å². The third-order valence-electron chi connectivity index (χ3n) is 4.70. The Balaban J connectivity index is 2.42. The quantitative estimate of drug-likeness (QED) is 0.348. The van der Waals surface area contributed by atoms with Crippen molar-refractivity contribution in [2.45, 2.75) is 59.7 Å². The van der Waals surface area contributed by atoms with Crippen LogP contribution in [0.1, 0.15) is 72.9 Å². The van der Waals surface area contributed by atoms with Crippen molar-refractivity contribution in [1.29, 1.82) is 0 Å². The van der Waals surface area contributed by atoms with Crippen molar-refractivity contribution in [3.63, 3.8) is 0 Å². The van der Waals surface area contributed by atoms with Crippen LogP contribution in [0.4, 0.5) is 0 Å². The first-order valence-corrected chi connectivity index (χ1v) is 11.2. The Morgan fingerprint density at radius 1 is 0.906 bits per heavy atom. The summed E-state index contributed by atoms with van der Waals surface area (Å²) in [5.41, 5.74) is 2.92. The van der Waals surface area contributed by atoms with Crippen LogP contribution >= 0.6 is 0 Å². The zero-order valence-electron chi connectivity index (χ0n) is 20.3. The molecule has 5 heteroatoms. The smallest absolute Gasteiger partial charge is 0.253 e. The van der Waals surface area contributed by atoms with Gasteiger partial charge in [-0.2, -0.15) is 0 Å². The number of aryl methyl sites for hydroxylation is 1. The minimum atomic E-state index is -0.152. The molecule has 0 aliphatic rings. The monoisotopic (exact) mass is 437 g/mol. The molecule has 172 valence electrons. The van der Waals surface area contributed by atoms with E-state index in [0.29, 0.717) is 16.9 Å². The first-order chi connectivity index (χ1) is 15.1. The molecule has 0 unspecified atom stereocenters. The van der Waals surface area contributed by atoms with E-state index in [-0.39, 0.29) is 23.9 Å². The Morgan fingerprint density at radius 2 is 1.50 bits per heavy atom. The highest BCUT2D eigenvalue weighted by molar-refractivity contribution is 6.07. The van der Waals surface area contributed by atoms with Crippen LogP contribution in [0.25, 0.3) is 6.08 Å². The predicted octanol–water partition coefficient (Wildman–Crippen LogP) is 5.81. The predicted molar refractivity (Wildman–Crippen MR) is 130 cm³/mol. The molecule has 0 fully saturated rings. The summed E-state index contributed by atoms with van der Waals surface area (Å²) in [4.78, 5) is 26.4. The average molecular weight is 438 g/mol. The molecule has 0 aliphatic heterocycles. The second-order valence-electron chi connectivity index (χ2n) is 8.52. The Kier molecular flexibility index (Phi) is 9.06. The standard InChI is InChI=1S/C27H35NO4/c1-8-9-21-14-17-25(31-18(2)3)23(26(21)32-19(4)5)15-16-24(29)20-10-12-22(13-11-20)27(30)28(6)7/h10-19H,8-9H2,1-7H3. The van der Waals surface area contributed by atoms with Crippen LogP contribution in [0, 0.1) is 0 Å². The van der Waals surface area contributed by atoms with Crippen LogP contribution in [-0.2, 0) is 6.42 Å². The minimum absolute atomic E-state index is 0.00969. The SMILES string of the molecule is CCCc1ccc(OC(C)C)c(C=CC(=O)c2ccc(C(=O)N(C)C)cc2)c1OC(C)C. The lowest BCUT2D eigenvalue weighted by Gasteiger charge is -2.21. The summed E-state index contributed by atoms with van der Waals surface area (Å²) in [6, 6.07) is 10.7. The second kappa shape index (κ2) is 11.5. The van der Waals surface area contributed by atoms with Gasteiger partial charge in [0, 0.05) is 25.2 Å². The molecule has 0 aliphatic carbocycles. The number of rotatable bonds is 10. The molecule has 0 saturated carbocycles. The zero-order valence-corrected chi connectivity index (χ0v) is 20.3. The van der Waals surface area contributed by atoms with Crippen LogP contribution in [-0.4, -0.2) is 42.9 Å². The van der Waals surface area contributed by atoms with Gasteiger partial charge in [-0.25, -0.2) is 0 Å². The molecular weight excluding hydrogens is 402 g/mol. The highest BCUT2D eigenvalue weighted by atomic mass is 16.5. The first kappa shape index (κ1) is 25.2. The van der Waals surface area contributed by atoms with Crippen LogP contribution in [0.3, 0.4) is 0 Å². The Bertz CT molecular complexity index is 956. The molecule has 0 bridgehead atoms. The number of hydrogen-bond donors (Lipinski definition) is 0. The van der Waals surface area contributed by atoms with Gasteiger partial charge in [-0.15, -0.1) is 0 Å². The maximum Gasteiger partial charge on any atom is 0.253 e. The van der Waals surface area contributed by atoms with E-state index in [1.807, 2.05) is 39.8 Å². The number of ketones is 1. The van der Waals surface area contributed by atoms with Gasteiger partial charge in [-0.05, 0) is 70.0 Å². The number of nitrogens with zero attached hydrogens (tertiary/aromatic N) is 1. The van der Waals surface area contributed by atoms with Crippen LogP contribution in [0.15, 0.2) is 42.5 Å². The lowest BCUT2D eigenvalue weighted by molar-refractivity contribution is 0.0827. The summed E-state index contributed by atoms with van der Waals surface area (Å²) in [5.74, 6) is 1.20. The van der Waals surface area contributed by atoms with Gasteiger partial charge < -0.3 is 14.4 Å². The van der Waals surface area contributed by atoms with E-state index in [0.717, 1.165) is 29.7 Å². The Morgan fingerprint density at radius 3 is 2.03 bits per heavy atom. The number of benzene rings is 2. The van der Waals surface area contributed by atoms with Crippen molar-refractivity contribution in [3.05, 3.63) is 64.7 Å². The van der Waals surface area contributed by atoms with Gasteiger partial charge in [0.2, 0.25) is 0 Å². The molecule has 0 heterocycles. The van der Waals surface area contributed by atoms with E-state index in [2.05, 4.69) is 6.92 Å². The fourth-order valence-electron chi connectivity index (χ4n) is 3.27. The molecule has 2 aromatic carbocycles. The van der Waals surface area contributed by atoms with Crippen molar-refractivity contribution < 1.29 is 19.1 Å². The van der Waals surface area contributed by atoms with Gasteiger partial charge in [0.15, 0.2) is 5.78 Å². The average Bonchev–Trinajstić information content (AvgIpc) is 2.73. The van der Waals surface area contributed by atoms with Gasteiger partial charge in [0.05, 0.1) is 17.8 Å². The van der Waals surface area contributed by atoms with Gasteiger partial charge in [-0.1, -0.05) is 31.5 Å². The molecule has 5 nitrogen and oxygen atoms in total. The van der Waals surface area contributed by atoms with Crippen LogP contribution in [0.2, 0.25) is 0 Å². The lowest BCUT2D eigenvalue weighted by Crippen LogP contribution is -2.21. The highest BCUT2D eigenvalue weighted by Gasteiger charge is 2.17. The summed E-state index contributed by atoms with van der Waals surface area (Å²) in [6.45, 7) is 10.0. The van der Waals surface area contributed by atoms with Gasteiger partial charge in [0.25, 0.3) is 5.91 Å². The topological polar surface area (TPSA) is 55.8 Å². The Hall–Kier alpha value is -3.08. The third kappa shape index (κ3) is 6.71. The molecule has 1 amide bonds. The third-order valence-corrected chi connectivity index (χ3v) is 4.70. The largest absolute Gasteiger partial charge is 0.490 e. The van der Waals surface area contributed by atoms with Crippen LogP contribution < -0.4 is 9.47 Å². The van der Waals surface area contributed by atoms with E-state index in [1.165, 1.54) is 11.0 Å². The zero-order chi connectivity index (χ0) is 23.8. The number of carbonyl (C=O) groups excluding carboxylic acids is 2. The number of amides is 1. The van der Waals surface area contributed by atoms with Crippen molar-refractivity contribution in [3.8, 4) is 11.5 Å². The Labute approximate surface area is 192 Å². The molecular formula is C27H35NO4. The van der Waals surface area contributed by atoms with Gasteiger partial charge in [0.1, 0.15) is 11.5 Å².